The third kappa shape index (κ3) is 5.33. The lowest BCUT2D eigenvalue weighted by Gasteiger charge is -2.06. The molecule has 1 aromatic carbocycles. The van der Waals surface area contributed by atoms with Crippen molar-refractivity contribution in [3.05, 3.63) is 58.3 Å². The number of hydrogen-bond acceptors (Lipinski definition) is 4. The highest BCUT2D eigenvalue weighted by Gasteiger charge is 2.08. The quantitative estimate of drug-likeness (QED) is 0.628. The summed E-state index contributed by atoms with van der Waals surface area (Å²) in [5.74, 6) is -0.658. The first-order valence-electron chi connectivity index (χ1n) is 6.94. The second-order valence-corrected chi connectivity index (χ2v) is 5.69. The molecule has 0 atom stereocenters. The molecule has 24 heavy (non-hydrogen) atoms. The van der Waals surface area contributed by atoms with E-state index in [1.54, 1.807) is 37.3 Å². The van der Waals surface area contributed by atoms with Gasteiger partial charge in [-0.3, -0.25) is 14.6 Å². The zero-order chi connectivity index (χ0) is 17.5. The summed E-state index contributed by atoms with van der Waals surface area (Å²) in [5.41, 5.74) is 3.80. The number of carbonyl (C=O) groups excluding carboxylic acids is 2. The Hall–Kier alpha value is -2.44. The molecule has 2 amide bonds. The minimum atomic E-state index is -0.373. The van der Waals surface area contributed by atoms with Crippen LogP contribution in [0.2, 0.25) is 10.0 Å². The first kappa shape index (κ1) is 17.9. The van der Waals surface area contributed by atoms with Crippen molar-refractivity contribution in [2.24, 2.45) is 5.10 Å². The molecule has 0 spiro atoms. The van der Waals surface area contributed by atoms with Gasteiger partial charge in [-0.1, -0.05) is 23.2 Å². The zero-order valence-electron chi connectivity index (χ0n) is 12.7. The second-order valence-electron chi connectivity index (χ2n) is 4.88. The molecule has 0 saturated heterocycles. The zero-order valence-corrected chi connectivity index (χ0v) is 14.2. The van der Waals surface area contributed by atoms with E-state index in [9.17, 15) is 9.59 Å². The molecule has 0 aliphatic heterocycles. The van der Waals surface area contributed by atoms with Gasteiger partial charge < -0.3 is 5.32 Å². The van der Waals surface area contributed by atoms with E-state index in [0.29, 0.717) is 27.0 Å². The number of aromatic nitrogens is 1. The fourth-order valence-electron chi connectivity index (χ4n) is 1.76. The van der Waals surface area contributed by atoms with E-state index in [4.69, 9.17) is 23.2 Å². The summed E-state index contributed by atoms with van der Waals surface area (Å²) >= 11 is 11.7. The summed E-state index contributed by atoms with van der Waals surface area (Å²) in [5, 5.41) is 7.34. The van der Waals surface area contributed by atoms with Crippen LogP contribution < -0.4 is 10.7 Å². The molecule has 0 aliphatic rings. The van der Waals surface area contributed by atoms with Crippen LogP contribution in [0, 0.1) is 0 Å². The van der Waals surface area contributed by atoms with Gasteiger partial charge in [0, 0.05) is 29.4 Å². The smallest absolute Gasteiger partial charge is 0.271 e. The normalized spacial score (nSPS) is 11.0. The average molecular weight is 365 g/mol. The Morgan fingerprint density at radius 2 is 1.83 bits per heavy atom. The van der Waals surface area contributed by atoms with E-state index in [2.05, 4.69) is 20.8 Å². The molecule has 0 bridgehead atoms. The van der Waals surface area contributed by atoms with Crippen LogP contribution in [-0.2, 0) is 4.79 Å². The summed E-state index contributed by atoms with van der Waals surface area (Å²) in [6, 6.07) is 7.92. The van der Waals surface area contributed by atoms with Crippen LogP contribution in [-0.4, -0.2) is 22.5 Å². The van der Waals surface area contributed by atoms with Gasteiger partial charge in [0.05, 0.1) is 16.5 Å². The molecule has 6 nitrogen and oxygen atoms in total. The molecular weight excluding hydrogens is 351 g/mol. The van der Waals surface area contributed by atoms with Crippen molar-refractivity contribution in [1.82, 2.24) is 10.4 Å². The van der Waals surface area contributed by atoms with Gasteiger partial charge in [-0.15, -0.1) is 0 Å². The molecule has 0 saturated carbocycles. The summed E-state index contributed by atoms with van der Waals surface area (Å²) < 4.78 is 0. The Kier molecular flexibility index (Phi) is 6.28. The van der Waals surface area contributed by atoms with Gasteiger partial charge in [0.25, 0.3) is 5.91 Å². The Labute approximate surface area is 148 Å². The standard InChI is InChI=1S/C16H14Cl2N4O2/c1-10(21-22-16(24)11-4-6-19-7-5-11)8-15(23)20-12-2-3-13(17)14(18)9-12/h2-7,9H,8H2,1H3,(H,20,23)(H,22,24)/b21-10+. The molecule has 0 radical (unpaired) electrons. The number of rotatable bonds is 5. The highest BCUT2D eigenvalue weighted by atomic mass is 35.5. The van der Waals surface area contributed by atoms with E-state index in [0.717, 1.165) is 0 Å². The third-order valence-electron chi connectivity index (χ3n) is 2.91. The van der Waals surface area contributed by atoms with Crippen molar-refractivity contribution in [2.75, 3.05) is 5.32 Å². The Bertz CT molecular complexity index is 779. The van der Waals surface area contributed by atoms with Gasteiger partial charge in [-0.2, -0.15) is 5.10 Å². The molecule has 8 heteroatoms. The highest BCUT2D eigenvalue weighted by Crippen LogP contribution is 2.25. The lowest BCUT2D eigenvalue weighted by atomic mass is 10.2. The number of anilines is 1. The summed E-state index contributed by atoms with van der Waals surface area (Å²) in [7, 11) is 0. The molecule has 0 unspecified atom stereocenters. The van der Waals surface area contributed by atoms with Gasteiger partial charge in [0.2, 0.25) is 5.91 Å². The molecule has 1 heterocycles. The lowest BCUT2D eigenvalue weighted by molar-refractivity contribution is -0.115. The van der Waals surface area contributed by atoms with Crippen molar-refractivity contribution < 1.29 is 9.59 Å². The Morgan fingerprint density at radius 1 is 1.12 bits per heavy atom. The van der Waals surface area contributed by atoms with Crippen molar-refractivity contribution in [3.8, 4) is 0 Å². The van der Waals surface area contributed by atoms with Crippen molar-refractivity contribution in [1.29, 1.82) is 0 Å². The van der Waals surface area contributed by atoms with Crippen LogP contribution in [0.15, 0.2) is 47.8 Å². The number of pyridine rings is 1. The fourth-order valence-corrected chi connectivity index (χ4v) is 2.06. The van der Waals surface area contributed by atoms with Crippen LogP contribution >= 0.6 is 23.2 Å². The minimum Gasteiger partial charge on any atom is -0.326 e. The van der Waals surface area contributed by atoms with E-state index in [1.807, 2.05) is 0 Å². The van der Waals surface area contributed by atoms with Crippen LogP contribution in [0.1, 0.15) is 23.7 Å². The van der Waals surface area contributed by atoms with E-state index in [1.165, 1.54) is 12.4 Å². The highest BCUT2D eigenvalue weighted by molar-refractivity contribution is 6.42. The number of carbonyl (C=O) groups is 2. The van der Waals surface area contributed by atoms with Crippen LogP contribution in [0.5, 0.6) is 0 Å². The molecular formula is C16H14Cl2N4O2. The summed E-state index contributed by atoms with van der Waals surface area (Å²) in [6.45, 7) is 1.64. The number of nitrogens with one attached hydrogen (secondary N) is 2. The first-order valence-corrected chi connectivity index (χ1v) is 7.69. The van der Waals surface area contributed by atoms with E-state index in [-0.39, 0.29) is 18.2 Å². The van der Waals surface area contributed by atoms with Crippen molar-refractivity contribution >= 4 is 46.4 Å². The molecule has 2 aromatic rings. The SMILES string of the molecule is C/C(CC(=O)Nc1ccc(Cl)c(Cl)c1)=N\NC(=O)c1ccncc1. The van der Waals surface area contributed by atoms with Gasteiger partial charge >= 0.3 is 0 Å². The number of halogens is 2. The monoisotopic (exact) mass is 364 g/mol. The van der Waals surface area contributed by atoms with Crippen molar-refractivity contribution in [3.63, 3.8) is 0 Å². The molecule has 2 N–H and O–H groups in total. The lowest BCUT2D eigenvalue weighted by Crippen LogP contribution is -2.21. The first-order chi connectivity index (χ1) is 11.5. The maximum Gasteiger partial charge on any atom is 0.271 e. The number of hydrogen-bond donors (Lipinski definition) is 2. The van der Waals surface area contributed by atoms with E-state index >= 15 is 0 Å². The summed E-state index contributed by atoms with van der Waals surface area (Å²) in [6.07, 6.45) is 3.04. The molecule has 0 aliphatic carbocycles. The number of hydrazone groups is 1. The Balaban J connectivity index is 1.88. The molecule has 124 valence electrons. The maximum absolute atomic E-state index is 11.9. The fraction of sp³-hybridized carbons (Fsp3) is 0.125. The van der Waals surface area contributed by atoms with Crippen molar-refractivity contribution in [2.45, 2.75) is 13.3 Å². The van der Waals surface area contributed by atoms with E-state index < -0.39 is 0 Å². The van der Waals surface area contributed by atoms with Gasteiger partial charge in [-0.25, -0.2) is 5.43 Å². The largest absolute Gasteiger partial charge is 0.326 e. The van der Waals surface area contributed by atoms with Gasteiger partial charge in [0.15, 0.2) is 0 Å². The van der Waals surface area contributed by atoms with Gasteiger partial charge in [0.1, 0.15) is 0 Å². The number of amides is 2. The predicted molar refractivity (Wildman–Crippen MR) is 94.5 cm³/mol. The molecule has 0 fully saturated rings. The van der Waals surface area contributed by atoms with Crippen LogP contribution in [0.4, 0.5) is 5.69 Å². The Morgan fingerprint density at radius 3 is 2.50 bits per heavy atom. The third-order valence-corrected chi connectivity index (χ3v) is 3.65. The van der Waals surface area contributed by atoms with Crippen LogP contribution in [0.3, 0.4) is 0 Å². The topological polar surface area (TPSA) is 83.5 Å². The average Bonchev–Trinajstić information content (AvgIpc) is 2.56. The number of benzene rings is 1. The predicted octanol–water partition coefficient (Wildman–Crippen LogP) is 3.52. The number of nitrogens with zero attached hydrogens (tertiary/aromatic N) is 2. The maximum atomic E-state index is 11.9. The van der Waals surface area contributed by atoms with Gasteiger partial charge in [-0.05, 0) is 37.3 Å². The minimum absolute atomic E-state index is 0.0247. The molecule has 2 rings (SSSR count). The molecule has 1 aromatic heterocycles. The second kappa shape index (κ2) is 8.42. The summed E-state index contributed by atoms with van der Waals surface area (Å²) in [4.78, 5) is 27.6. The van der Waals surface area contributed by atoms with Crippen LogP contribution in [0.25, 0.3) is 0 Å².